The molecule has 0 aromatic carbocycles. The lowest BCUT2D eigenvalue weighted by atomic mass is 10.2. The van der Waals surface area contributed by atoms with Crippen LogP contribution >= 0.6 is 0 Å². The van der Waals surface area contributed by atoms with E-state index in [1.54, 1.807) is 6.92 Å². The highest BCUT2D eigenvalue weighted by Crippen LogP contribution is 2.26. The zero-order valence-corrected chi connectivity index (χ0v) is 8.87. The smallest absolute Gasteiger partial charge is 0.257 e. The van der Waals surface area contributed by atoms with Crippen LogP contribution < -0.4 is 0 Å². The van der Waals surface area contributed by atoms with Crippen molar-refractivity contribution in [3.63, 3.8) is 0 Å². The fraction of sp³-hybridized carbons (Fsp3) is 1.00. The highest BCUT2D eigenvalue weighted by atomic mass is 32.2. The van der Waals surface area contributed by atoms with E-state index < -0.39 is 28.4 Å². The van der Waals surface area contributed by atoms with Crippen LogP contribution in [-0.2, 0) is 14.3 Å². The van der Waals surface area contributed by atoms with Gasteiger partial charge in [-0.1, -0.05) is 19.8 Å². The maximum absolute atomic E-state index is 12.1. The predicted octanol–water partition coefficient (Wildman–Crippen LogP) is 2.38. The van der Waals surface area contributed by atoms with E-state index in [-0.39, 0.29) is 6.42 Å². The largest absolute Gasteiger partial charge is 0.523 e. The molecule has 0 fully saturated rings. The van der Waals surface area contributed by atoms with Gasteiger partial charge in [0.1, 0.15) is 12.8 Å². The number of hydrogen-bond acceptors (Lipinski definition) is 3. The summed E-state index contributed by atoms with van der Waals surface area (Å²) >= 11 is 0. The van der Waals surface area contributed by atoms with Crippen LogP contribution in [0.5, 0.6) is 0 Å². The van der Waals surface area contributed by atoms with Crippen molar-refractivity contribution in [2.75, 3.05) is 6.67 Å². The molecule has 0 aromatic rings. The van der Waals surface area contributed by atoms with Crippen molar-refractivity contribution in [2.45, 2.75) is 37.8 Å². The first kappa shape index (κ1) is 14.6. The van der Waals surface area contributed by atoms with E-state index in [0.717, 1.165) is 0 Å². The summed E-state index contributed by atoms with van der Waals surface area (Å²) in [7, 11) is -5.68. The first-order chi connectivity index (χ1) is 6.74. The van der Waals surface area contributed by atoms with Crippen molar-refractivity contribution < 1.29 is 30.2 Å². The molecule has 0 aromatic heterocycles. The van der Waals surface area contributed by atoms with Crippen molar-refractivity contribution in [1.29, 1.82) is 0 Å². The molecule has 3 nitrogen and oxygen atoms in total. The zero-order valence-electron chi connectivity index (χ0n) is 8.05. The van der Waals surface area contributed by atoms with Crippen molar-refractivity contribution in [3.8, 4) is 0 Å². The maximum Gasteiger partial charge on any atom is 0.523 e. The standard InChI is InChI=1S/C7H12F4O3S/c1-2-3-4-6(5-8)14-15(12,13)7(9,10)11/h6H,2-5H2,1H3/t6-/m1/s1. The molecule has 0 bridgehead atoms. The lowest BCUT2D eigenvalue weighted by molar-refractivity contribution is -0.0583. The molecular weight excluding hydrogens is 240 g/mol. The molecule has 0 unspecified atom stereocenters. The molecule has 0 heterocycles. The molecule has 0 radical (unpaired) electrons. The molecule has 0 aliphatic heterocycles. The predicted molar refractivity (Wildman–Crippen MR) is 45.3 cm³/mol. The summed E-state index contributed by atoms with van der Waals surface area (Å²) in [5.41, 5.74) is -5.49. The van der Waals surface area contributed by atoms with E-state index in [1.165, 1.54) is 0 Å². The number of rotatable bonds is 6. The Morgan fingerprint density at radius 2 is 1.87 bits per heavy atom. The molecule has 0 saturated heterocycles. The molecule has 15 heavy (non-hydrogen) atoms. The molecule has 8 heteroatoms. The zero-order chi connectivity index (χ0) is 12.1. The Morgan fingerprint density at radius 3 is 2.20 bits per heavy atom. The van der Waals surface area contributed by atoms with Crippen LogP contribution in [0, 0.1) is 0 Å². The van der Waals surface area contributed by atoms with Crippen LogP contribution in [0.4, 0.5) is 17.6 Å². The van der Waals surface area contributed by atoms with Crippen molar-refractivity contribution in [2.24, 2.45) is 0 Å². The Morgan fingerprint density at radius 1 is 1.33 bits per heavy atom. The normalized spacial score (nSPS) is 15.3. The van der Waals surface area contributed by atoms with Gasteiger partial charge in [-0.25, -0.2) is 4.39 Å². The van der Waals surface area contributed by atoms with Gasteiger partial charge in [0, 0.05) is 0 Å². The molecule has 0 N–H and O–H groups in total. The minimum atomic E-state index is -5.68. The van der Waals surface area contributed by atoms with Gasteiger partial charge in [-0.15, -0.1) is 0 Å². The Balaban J connectivity index is 4.42. The first-order valence-corrected chi connectivity index (χ1v) is 5.71. The van der Waals surface area contributed by atoms with Gasteiger partial charge < -0.3 is 0 Å². The Labute approximate surface area is 85.5 Å². The second-order valence-corrected chi connectivity index (χ2v) is 4.48. The highest BCUT2D eigenvalue weighted by Gasteiger charge is 2.48. The monoisotopic (exact) mass is 252 g/mol. The topological polar surface area (TPSA) is 43.4 Å². The van der Waals surface area contributed by atoms with E-state index in [4.69, 9.17) is 0 Å². The molecule has 0 aliphatic carbocycles. The fourth-order valence-electron chi connectivity index (χ4n) is 0.816. The molecule has 1 atom stereocenters. The van der Waals surface area contributed by atoms with E-state index in [0.29, 0.717) is 12.8 Å². The van der Waals surface area contributed by atoms with Gasteiger partial charge in [-0.3, -0.25) is 4.18 Å². The number of halogens is 4. The molecule has 0 saturated carbocycles. The molecule has 0 amide bonds. The summed E-state index contributed by atoms with van der Waals surface area (Å²) < 4.78 is 72.3. The molecular formula is C7H12F4O3S. The summed E-state index contributed by atoms with van der Waals surface area (Å²) in [4.78, 5) is 0. The van der Waals surface area contributed by atoms with Crippen LogP contribution in [0.25, 0.3) is 0 Å². The van der Waals surface area contributed by atoms with E-state index in [2.05, 4.69) is 4.18 Å². The van der Waals surface area contributed by atoms with Crippen LogP contribution in [0.3, 0.4) is 0 Å². The van der Waals surface area contributed by atoms with Crippen LogP contribution in [0.15, 0.2) is 0 Å². The second kappa shape index (κ2) is 5.64. The third kappa shape index (κ3) is 4.78. The van der Waals surface area contributed by atoms with Crippen molar-refractivity contribution >= 4 is 10.1 Å². The van der Waals surface area contributed by atoms with Crippen LogP contribution in [-0.4, -0.2) is 26.7 Å². The van der Waals surface area contributed by atoms with Gasteiger partial charge in [0.2, 0.25) is 0 Å². The SMILES string of the molecule is CCCC[C@H](CF)OS(=O)(=O)C(F)(F)F. The van der Waals surface area contributed by atoms with Crippen molar-refractivity contribution in [1.82, 2.24) is 0 Å². The maximum atomic E-state index is 12.1. The minimum Gasteiger partial charge on any atom is -0.257 e. The van der Waals surface area contributed by atoms with Gasteiger partial charge >= 0.3 is 15.6 Å². The average Bonchev–Trinajstić information content (AvgIpc) is 2.10. The Kier molecular flexibility index (Phi) is 5.50. The van der Waals surface area contributed by atoms with Gasteiger partial charge in [-0.05, 0) is 6.42 Å². The second-order valence-electron chi connectivity index (χ2n) is 2.91. The lowest BCUT2D eigenvalue weighted by Gasteiger charge is -2.15. The number of alkyl halides is 4. The van der Waals surface area contributed by atoms with Gasteiger partial charge in [0.05, 0.1) is 0 Å². The van der Waals surface area contributed by atoms with Crippen LogP contribution in [0.2, 0.25) is 0 Å². The summed E-state index contributed by atoms with van der Waals surface area (Å²) in [6.45, 7) is 0.489. The Bertz CT molecular complexity index is 272. The first-order valence-electron chi connectivity index (χ1n) is 4.30. The summed E-state index contributed by atoms with van der Waals surface area (Å²) in [6, 6.07) is 0. The summed E-state index contributed by atoms with van der Waals surface area (Å²) in [5.74, 6) is 0. The molecule has 92 valence electrons. The van der Waals surface area contributed by atoms with Gasteiger partial charge in [0.15, 0.2) is 0 Å². The van der Waals surface area contributed by atoms with Gasteiger partial charge in [-0.2, -0.15) is 21.6 Å². The van der Waals surface area contributed by atoms with E-state index in [1.807, 2.05) is 0 Å². The third-order valence-corrected chi connectivity index (χ3v) is 2.69. The summed E-state index contributed by atoms with van der Waals surface area (Å²) in [6.07, 6.45) is -0.576. The van der Waals surface area contributed by atoms with E-state index >= 15 is 0 Å². The van der Waals surface area contributed by atoms with E-state index in [9.17, 15) is 26.0 Å². The third-order valence-electron chi connectivity index (χ3n) is 1.60. The number of unbranched alkanes of at least 4 members (excludes halogenated alkanes) is 1. The molecule has 0 aliphatic rings. The van der Waals surface area contributed by atoms with Crippen molar-refractivity contribution in [3.05, 3.63) is 0 Å². The molecule has 0 spiro atoms. The number of hydrogen-bond donors (Lipinski definition) is 0. The van der Waals surface area contributed by atoms with Gasteiger partial charge in [0.25, 0.3) is 0 Å². The summed E-state index contributed by atoms with van der Waals surface area (Å²) in [5, 5.41) is 0. The quantitative estimate of drug-likeness (QED) is 0.414. The minimum absolute atomic E-state index is 0.0533. The van der Waals surface area contributed by atoms with Crippen LogP contribution in [0.1, 0.15) is 26.2 Å². The average molecular weight is 252 g/mol. The molecule has 0 rings (SSSR count). The Hall–Kier alpha value is -0.370. The lowest BCUT2D eigenvalue weighted by Crippen LogP contribution is -2.31. The highest BCUT2D eigenvalue weighted by molar-refractivity contribution is 7.87. The fourth-order valence-corrected chi connectivity index (χ4v) is 1.43.